The number of H-pyrrole nitrogens is 1. The number of carbonyl (C=O) groups excluding carboxylic acids is 1. The summed E-state index contributed by atoms with van der Waals surface area (Å²) in [5, 5.41) is 16.5. The number of hydrogen-bond acceptors (Lipinski definition) is 9. The van der Waals surface area contributed by atoms with E-state index in [0.717, 1.165) is 16.6 Å². The van der Waals surface area contributed by atoms with Crippen molar-refractivity contribution in [2.24, 2.45) is 0 Å². The van der Waals surface area contributed by atoms with Gasteiger partial charge < -0.3 is 15.6 Å². The van der Waals surface area contributed by atoms with Gasteiger partial charge in [-0.2, -0.15) is 5.26 Å². The summed E-state index contributed by atoms with van der Waals surface area (Å²) in [6.07, 6.45) is 7.47. The first-order valence-electron chi connectivity index (χ1n) is 10.7. The zero-order valence-electron chi connectivity index (χ0n) is 18.4. The smallest absolute Gasteiger partial charge is 0.262 e. The number of rotatable bonds is 7. The molecular weight excluding hydrogens is 488 g/mol. The first-order valence-corrected chi connectivity index (χ1v) is 13.0. The summed E-state index contributed by atoms with van der Waals surface area (Å²) in [4.78, 5) is 28.3. The van der Waals surface area contributed by atoms with E-state index in [1.54, 1.807) is 19.4 Å². The number of hydrogen-bond donors (Lipinski definition) is 4. The molecule has 4 aromatic rings. The van der Waals surface area contributed by atoms with Crippen molar-refractivity contribution in [3.8, 4) is 16.6 Å². The SMILES string of the molecule is CNC(=O)c1cnc(-c2cnc3[nH]ccc3c2N[C@H]2C[C@@H](NS(=O)(=O)c3cc(C#N)ccn3)C2)s1. The van der Waals surface area contributed by atoms with Crippen LogP contribution in [0.2, 0.25) is 0 Å². The maximum Gasteiger partial charge on any atom is 0.262 e. The number of nitrogens with zero attached hydrogens (tertiary/aromatic N) is 4. The van der Waals surface area contributed by atoms with Crippen molar-refractivity contribution in [1.82, 2.24) is 30.0 Å². The minimum absolute atomic E-state index is 0.0127. The lowest BCUT2D eigenvalue weighted by Crippen LogP contribution is -2.49. The fourth-order valence-electron chi connectivity index (χ4n) is 3.89. The van der Waals surface area contributed by atoms with Crippen molar-refractivity contribution in [2.45, 2.75) is 30.0 Å². The number of nitrogens with one attached hydrogen (secondary N) is 4. The predicted molar refractivity (Wildman–Crippen MR) is 130 cm³/mol. The average molecular weight is 509 g/mol. The topological polar surface area (TPSA) is 166 Å². The molecular formula is C22H20N8O3S2. The molecule has 178 valence electrons. The molecule has 35 heavy (non-hydrogen) atoms. The van der Waals surface area contributed by atoms with Crippen LogP contribution in [-0.4, -0.2) is 53.4 Å². The number of aromatic nitrogens is 4. The van der Waals surface area contributed by atoms with E-state index in [2.05, 4.69) is 35.3 Å². The first-order chi connectivity index (χ1) is 16.9. The average Bonchev–Trinajstić information content (AvgIpc) is 3.52. The third kappa shape index (κ3) is 4.46. The molecule has 4 N–H and O–H groups in total. The highest BCUT2D eigenvalue weighted by atomic mass is 32.2. The summed E-state index contributed by atoms with van der Waals surface area (Å²) in [5.74, 6) is -0.206. The molecule has 1 saturated carbocycles. The number of fused-ring (bicyclic) bond motifs is 1. The lowest BCUT2D eigenvalue weighted by atomic mass is 9.87. The Morgan fingerprint density at radius 3 is 2.80 bits per heavy atom. The number of pyridine rings is 2. The van der Waals surface area contributed by atoms with Gasteiger partial charge in [0, 0.05) is 43.1 Å². The summed E-state index contributed by atoms with van der Waals surface area (Å²) in [6, 6.07) is 6.29. The Morgan fingerprint density at radius 2 is 2.03 bits per heavy atom. The minimum atomic E-state index is -3.84. The van der Waals surface area contributed by atoms with E-state index in [1.807, 2.05) is 12.1 Å². The first kappa shape index (κ1) is 22.9. The van der Waals surface area contributed by atoms with Gasteiger partial charge in [-0.05, 0) is 31.0 Å². The Balaban J connectivity index is 1.33. The van der Waals surface area contributed by atoms with E-state index >= 15 is 0 Å². The van der Waals surface area contributed by atoms with Crippen molar-refractivity contribution in [1.29, 1.82) is 5.26 Å². The molecule has 0 atom stereocenters. The predicted octanol–water partition coefficient (Wildman–Crippen LogP) is 2.23. The monoisotopic (exact) mass is 508 g/mol. The van der Waals surface area contributed by atoms with E-state index in [1.165, 1.54) is 35.9 Å². The molecule has 0 saturated heterocycles. The second kappa shape index (κ2) is 9.06. The van der Waals surface area contributed by atoms with Crippen LogP contribution in [0.5, 0.6) is 0 Å². The summed E-state index contributed by atoms with van der Waals surface area (Å²) in [6.45, 7) is 0. The van der Waals surface area contributed by atoms with Crippen molar-refractivity contribution < 1.29 is 13.2 Å². The molecule has 1 fully saturated rings. The van der Waals surface area contributed by atoms with Gasteiger partial charge in [-0.1, -0.05) is 0 Å². The molecule has 1 amide bonds. The van der Waals surface area contributed by atoms with Crippen LogP contribution >= 0.6 is 11.3 Å². The Hall–Kier alpha value is -3.86. The van der Waals surface area contributed by atoms with Crippen LogP contribution in [-0.2, 0) is 10.0 Å². The Morgan fingerprint density at radius 1 is 1.20 bits per heavy atom. The fourth-order valence-corrected chi connectivity index (χ4v) is 6.01. The third-order valence-electron chi connectivity index (χ3n) is 5.72. The van der Waals surface area contributed by atoms with Crippen LogP contribution in [0.1, 0.15) is 28.1 Å². The largest absolute Gasteiger partial charge is 0.381 e. The molecule has 4 aromatic heterocycles. The second-order valence-electron chi connectivity index (χ2n) is 8.02. The molecule has 13 heteroatoms. The van der Waals surface area contributed by atoms with E-state index < -0.39 is 10.0 Å². The summed E-state index contributed by atoms with van der Waals surface area (Å²) < 4.78 is 28.0. The zero-order chi connectivity index (χ0) is 24.6. The maximum absolute atomic E-state index is 12.7. The standard InChI is InChI=1S/C22H20N8O3S2/c1-24-21(31)17-11-28-22(34-17)16-10-27-20-15(3-5-26-20)19(16)29-13-7-14(8-13)30-35(32,33)18-6-12(9-23)2-4-25-18/h2-6,10-11,13-14,30H,7-8H2,1H3,(H,24,31)(H2,26,27,29)/t13-,14+. The summed E-state index contributed by atoms with van der Waals surface area (Å²) in [5.41, 5.74) is 2.53. The number of anilines is 1. The van der Waals surface area contributed by atoms with Crippen LogP contribution in [0, 0.1) is 11.3 Å². The molecule has 1 aliphatic carbocycles. The molecule has 0 aliphatic heterocycles. The normalized spacial score (nSPS) is 17.5. The van der Waals surface area contributed by atoms with Gasteiger partial charge in [0.25, 0.3) is 15.9 Å². The van der Waals surface area contributed by atoms with Gasteiger partial charge >= 0.3 is 0 Å². The third-order valence-corrected chi connectivity index (χ3v) is 8.17. The molecule has 5 rings (SSSR count). The molecule has 0 radical (unpaired) electrons. The van der Waals surface area contributed by atoms with E-state index in [4.69, 9.17) is 5.26 Å². The number of sulfonamides is 1. The van der Waals surface area contributed by atoms with Gasteiger partial charge in [0.1, 0.15) is 15.5 Å². The molecule has 0 spiro atoms. The Labute approximate surface area is 204 Å². The number of amides is 1. The maximum atomic E-state index is 12.7. The van der Waals surface area contributed by atoms with Gasteiger partial charge in [-0.25, -0.2) is 28.1 Å². The lowest BCUT2D eigenvalue weighted by molar-refractivity contribution is 0.0967. The molecule has 0 unspecified atom stereocenters. The molecule has 0 bridgehead atoms. The summed E-state index contributed by atoms with van der Waals surface area (Å²) >= 11 is 1.27. The number of carbonyl (C=O) groups is 1. The van der Waals surface area contributed by atoms with Gasteiger partial charge in [-0.15, -0.1) is 11.3 Å². The second-order valence-corrected chi connectivity index (χ2v) is 10.7. The number of aromatic amines is 1. The van der Waals surface area contributed by atoms with E-state index in [0.29, 0.717) is 28.4 Å². The fraction of sp³-hybridized carbons (Fsp3) is 0.227. The van der Waals surface area contributed by atoms with E-state index in [9.17, 15) is 13.2 Å². The van der Waals surface area contributed by atoms with Crippen LogP contribution in [0.15, 0.2) is 48.0 Å². The van der Waals surface area contributed by atoms with Crippen molar-refractivity contribution in [3.63, 3.8) is 0 Å². The Kier molecular flexibility index (Phi) is 5.93. The number of nitriles is 1. The van der Waals surface area contributed by atoms with Gasteiger partial charge in [0.2, 0.25) is 0 Å². The quantitative estimate of drug-likeness (QED) is 0.295. The summed E-state index contributed by atoms with van der Waals surface area (Å²) in [7, 11) is -2.27. The molecule has 11 nitrogen and oxygen atoms in total. The van der Waals surface area contributed by atoms with Crippen LogP contribution in [0.25, 0.3) is 21.6 Å². The molecule has 4 heterocycles. The highest BCUT2D eigenvalue weighted by Gasteiger charge is 2.34. The zero-order valence-corrected chi connectivity index (χ0v) is 20.1. The van der Waals surface area contributed by atoms with Gasteiger partial charge in [0.15, 0.2) is 5.03 Å². The van der Waals surface area contributed by atoms with E-state index in [-0.39, 0.29) is 28.6 Å². The van der Waals surface area contributed by atoms with Crippen molar-refractivity contribution in [2.75, 3.05) is 12.4 Å². The highest BCUT2D eigenvalue weighted by Crippen LogP contribution is 2.38. The van der Waals surface area contributed by atoms with Gasteiger partial charge in [-0.3, -0.25) is 4.79 Å². The van der Waals surface area contributed by atoms with Crippen molar-refractivity contribution >= 4 is 44.0 Å². The van der Waals surface area contributed by atoms with Crippen molar-refractivity contribution in [3.05, 3.63) is 53.4 Å². The Bertz CT molecular complexity index is 1560. The van der Waals surface area contributed by atoms with Crippen LogP contribution in [0.3, 0.4) is 0 Å². The van der Waals surface area contributed by atoms with Crippen LogP contribution in [0.4, 0.5) is 5.69 Å². The molecule has 1 aliphatic rings. The highest BCUT2D eigenvalue weighted by molar-refractivity contribution is 7.89. The number of thiazole rings is 1. The lowest BCUT2D eigenvalue weighted by Gasteiger charge is -2.37. The van der Waals surface area contributed by atoms with Crippen LogP contribution < -0.4 is 15.4 Å². The molecule has 0 aromatic carbocycles. The van der Waals surface area contributed by atoms with Gasteiger partial charge in [0.05, 0.1) is 29.1 Å². The minimum Gasteiger partial charge on any atom is -0.381 e.